The molecule has 3 aliphatic rings. The molecule has 7 nitrogen and oxygen atoms in total. The number of likely N-dealkylation sites (tertiary alicyclic amines) is 1. The number of carbonyl (C=O) groups excluding carboxylic acids is 1. The molecule has 2 aliphatic heterocycles. The van der Waals surface area contributed by atoms with Gasteiger partial charge in [0.2, 0.25) is 11.9 Å². The van der Waals surface area contributed by atoms with Crippen molar-refractivity contribution in [3.63, 3.8) is 0 Å². The van der Waals surface area contributed by atoms with Crippen LogP contribution in [0.2, 0.25) is 0 Å². The Morgan fingerprint density at radius 3 is 2.74 bits per heavy atom. The standard InChI is InChI=1S/C16H22N4O3/c21-14-9-13(17-16(18-14)19-5-7-23-8-6-19)12-3-4-20(10-12)15(22)11-1-2-11/h9,11-12H,1-8,10H2,(H,17,18,21)/t12-/m1/s1. The largest absolute Gasteiger partial charge is 0.378 e. The van der Waals surface area contributed by atoms with E-state index in [2.05, 4.69) is 14.9 Å². The Bertz CT molecular complexity index is 649. The summed E-state index contributed by atoms with van der Waals surface area (Å²) < 4.78 is 5.34. The Morgan fingerprint density at radius 2 is 2.00 bits per heavy atom. The van der Waals surface area contributed by atoms with Gasteiger partial charge < -0.3 is 14.5 Å². The van der Waals surface area contributed by atoms with E-state index in [1.54, 1.807) is 6.07 Å². The summed E-state index contributed by atoms with van der Waals surface area (Å²) in [5.74, 6) is 1.33. The van der Waals surface area contributed by atoms with Crippen molar-refractivity contribution in [1.29, 1.82) is 0 Å². The Hall–Kier alpha value is -1.89. The summed E-state index contributed by atoms with van der Waals surface area (Å²) in [5, 5.41) is 0. The van der Waals surface area contributed by atoms with Crippen LogP contribution in [0, 0.1) is 5.92 Å². The second kappa shape index (κ2) is 5.96. The molecular weight excluding hydrogens is 296 g/mol. The van der Waals surface area contributed by atoms with Crippen LogP contribution in [-0.4, -0.2) is 60.2 Å². The Morgan fingerprint density at radius 1 is 1.22 bits per heavy atom. The average molecular weight is 318 g/mol. The number of rotatable bonds is 3. The minimum absolute atomic E-state index is 0.122. The fourth-order valence-electron chi connectivity index (χ4n) is 3.39. The molecule has 4 rings (SSSR count). The molecule has 1 aromatic rings. The zero-order chi connectivity index (χ0) is 15.8. The number of H-pyrrole nitrogens is 1. The lowest BCUT2D eigenvalue weighted by atomic mass is 10.1. The average Bonchev–Trinajstić information content (AvgIpc) is 3.31. The molecule has 1 N–H and O–H groups in total. The van der Waals surface area contributed by atoms with E-state index in [9.17, 15) is 9.59 Å². The molecule has 1 saturated carbocycles. The number of hydrogen-bond acceptors (Lipinski definition) is 5. The number of nitrogens with zero attached hydrogens (tertiary/aromatic N) is 3. The molecule has 0 bridgehead atoms. The third-order valence-electron chi connectivity index (χ3n) is 4.90. The number of anilines is 1. The van der Waals surface area contributed by atoms with Crippen LogP contribution in [0.15, 0.2) is 10.9 Å². The predicted molar refractivity (Wildman–Crippen MR) is 84.6 cm³/mol. The molecular formula is C16H22N4O3. The number of nitrogens with one attached hydrogen (secondary N) is 1. The molecule has 3 heterocycles. The molecule has 0 aromatic carbocycles. The van der Waals surface area contributed by atoms with Crippen LogP contribution in [0.4, 0.5) is 5.95 Å². The summed E-state index contributed by atoms with van der Waals surface area (Å²) in [4.78, 5) is 35.7. The van der Waals surface area contributed by atoms with E-state index in [1.807, 2.05) is 4.90 Å². The van der Waals surface area contributed by atoms with E-state index >= 15 is 0 Å². The number of morpholine rings is 1. The van der Waals surface area contributed by atoms with Crippen LogP contribution >= 0.6 is 0 Å². The van der Waals surface area contributed by atoms with Crippen molar-refractivity contribution < 1.29 is 9.53 Å². The van der Waals surface area contributed by atoms with Gasteiger partial charge >= 0.3 is 0 Å². The Balaban J connectivity index is 1.51. The van der Waals surface area contributed by atoms with Crippen LogP contribution in [0.1, 0.15) is 30.9 Å². The monoisotopic (exact) mass is 318 g/mol. The molecule has 0 spiro atoms. The van der Waals surface area contributed by atoms with Crippen LogP contribution < -0.4 is 10.5 Å². The van der Waals surface area contributed by atoms with Gasteiger partial charge in [-0.25, -0.2) is 4.98 Å². The van der Waals surface area contributed by atoms with Crippen molar-refractivity contribution in [2.24, 2.45) is 5.92 Å². The first kappa shape index (κ1) is 14.7. The normalized spacial score (nSPS) is 25.0. The first-order valence-corrected chi connectivity index (χ1v) is 8.43. The van der Waals surface area contributed by atoms with E-state index in [4.69, 9.17) is 4.74 Å². The van der Waals surface area contributed by atoms with Crippen molar-refractivity contribution >= 4 is 11.9 Å². The molecule has 3 fully saturated rings. The highest BCUT2D eigenvalue weighted by Gasteiger charge is 2.37. The highest BCUT2D eigenvalue weighted by molar-refractivity contribution is 5.81. The highest BCUT2D eigenvalue weighted by atomic mass is 16.5. The second-order valence-electron chi connectivity index (χ2n) is 6.64. The van der Waals surface area contributed by atoms with E-state index in [0.29, 0.717) is 25.7 Å². The van der Waals surface area contributed by atoms with Gasteiger partial charge in [-0.2, -0.15) is 0 Å². The van der Waals surface area contributed by atoms with Gasteiger partial charge in [-0.1, -0.05) is 0 Å². The molecule has 1 atom stereocenters. The molecule has 1 aromatic heterocycles. The molecule has 124 valence electrons. The zero-order valence-corrected chi connectivity index (χ0v) is 13.2. The molecule has 2 saturated heterocycles. The number of carbonyl (C=O) groups is 1. The van der Waals surface area contributed by atoms with Crippen molar-refractivity contribution in [3.8, 4) is 0 Å². The fraction of sp³-hybridized carbons (Fsp3) is 0.688. The van der Waals surface area contributed by atoms with E-state index in [-0.39, 0.29) is 23.3 Å². The number of aromatic nitrogens is 2. The Kier molecular flexibility index (Phi) is 3.80. The fourth-order valence-corrected chi connectivity index (χ4v) is 3.39. The predicted octanol–water partition coefficient (Wildman–Crippen LogP) is 0.332. The Labute approximate surface area is 134 Å². The summed E-state index contributed by atoms with van der Waals surface area (Å²) in [6.45, 7) is 4.25. The maximum atomic E-state index is 12.2. The molecule has 1 aliphatic carbocycles. The minimum Gasteiger partial charge on any atom is -0.378 e. The second-order valence-corrected chi connectivity index (χ2v) is 6.64. The molecule has 0 unspecified atom stereocenters. The lowest BCUT2D eigenvalue weighted by molar-refractivity contribution is -0.131. The lowest BCUT2D eigenvalue weighted by Gasteiger charge is -2.27. The van der Waals surface area contributed by atoms with Crippen LogP contribution in [-0.2, 0) is 9.53 Å². The van der Waals surface area contributed by atoms with Crippen LogP contribution in [0.3, 0.4) is 0 Å². The first-order valence-electron chi connectivity index (χ1n) is 8.43. The van der Waals surface area contributed by atoms with Gasteiger partial charge in [0.15, 0.2) is 0 Å². The SMILES string of the molecule is O=C(C1CC1)N1CC[C@@H](c2cc(=O)[nH]c(N3CCOCC3)n2)C1. The van der Waals surface area contributed by atoms with Crippen LogP contribution in [0.5, 0.6) is 0 Å². The maximum Gasteiger partial charge on any atom is 0.252 e. The summed E-state index contributed by atoms with van der Waals surface area (Å²) >= 11 is 0. The number of hydrogen-bond donors (Lipinski definition) is 1. The quantitative estimate of drug-likeness (QED) is 0.869. The number of aromatic amines is 1. The van der Waals surface area contributed by atoms with E-state index in [1.165, 1.54) is 0 Å². The third kappa shape index (κ3) is 3.10. The highest BCUT2D eigenvalue weighted by Crippen LogP contribution is 2.34. The summed E-state index contributed by atoms with van der Waals surface area (Å²) in [7, 11) is 0. The maximum absolute atomic E-state index is 12.2. The van der Waals surface area contributed by atoms with Gasteiger partial charge in [0.05, 0.1) is 18.9 Å². The zero-order valence-electron chi connectivity index (χ0n) is 13.2. The van der Waals surface area contributed by atoms with Crippen LogP contribution in [0.25, 0.3) is 0 Å². The molecule has 0 radical (unpaired) electrons. The molecule has 7 heteroatoms. The summed E-state index contributed by atoms with van der Waals surface area (Å²) in [6, 6.07) is 1.58. The van der Waals surface area contributed by atoms with Gasteiger partial charge in [0.1, 0.15) is 0 Å². The van der Waals surface area contributed by atoms with Gasteiger partial charge in [-0.05, 0) is 19.3 Å². The van der Waals surface area contributed by atoms with Gasteiger partial charge in [0.25, 0.3) is 5.56 Å². The number of amides is 1. The molecule has 1 amide bonds. The minimum atomic E-state index is -0.122. The molecule has 23 heavy (non-hydrogen) atoms. The van der Waals surface area contributed by atoms with Gasteiger partial charge in [-0.15, -0.1) is 0 Å². The lowest BCUT2D eigenvalue weighted by Crippen LogP contribution is -2.38. The van der Waals surface area contributed by atoms with Gasteiger partial charge in [0, 0.05) is 44.1 Å². The topological polar surface area (TPSA) is 78.5 Å². The van der Waals surface area contributed by atoms with E-state index in [0.717, 1.165) is 44.6 Å². The summed E-state index contributed by atoms with van der Waals surface area (Å²) in [5.41, 5.74) is 0.685. The van der Waals surface area contributed by atoms with Gasteiger partial charge in [-0.3, -0.25) is 14.6 Å². The van der Waals surface area contributed by atoms with Crippen molar-refractivity contribution in [1.82, 2.24) is 14.9 Å². The third-order valence-corrected chi connectivity index (χ3v) is 4.90. The van der Waals surface area contributed by atoms with Crippen molar-refractivity contribution in [2.45, 2.75) is 25.2 Å². The number of ether oxygens (including phenoxy) is 1. The summed E-state index contributed by atoms with van der Waals surface area (Å²) in [6.07, 6.45) is 2.95. The first-order chi connectivity index (χ1) is 11.2. The van der Waals surface area contributed by atoms with Crippen molar-refractivity contribution in [3.05, 3.63) is 22.1 Å². The van der Waals surface area contributed by atoms with E-state index < -0.39 is 0 Å². The smallest absolute Gasteiger partial charge is 0.252 e. The van der Waals surface area contributed by atoms with Crippen molar-refractivity contribution in [2.75, 3.05) is 44.3 Å².